The van der Waals surface area contributed by atoms with Crippen LogP contribution in [-0.2, 0) is 0 Å². The minimum absolute atomic E-state index is 0.442. The van der Waals surface area contributed by atoms with Crippen LogP contribution in [0.15, 0.2) is 0 Å². The molecule has 1 heterocycles. The SMILES string of the molecule is CNC1C(N2CCC(C(C)(C)C)C2)CCCC1(C)C. The van der Waals surface area contributed by atoms with Gasteiger partial charge in [0.15, 0.2) is 0 Å². The van der Waals surface area contributed by atoms with Gasteiger partial charge < -0.3 is 5.32 Å². The standard InChI is InChI=1S/C17H34N2/c1-16(2,3)13-9-11-19(12-13)14-8-7-10-17(4,5)15(14)18-6/h13-15,18H,7-12H2,1-6H3. The maximum absolute atomic E-state index is 3.63. The van der Waals surface area contributed by atoms with Crippen molar-refractivity contribution in [2.75, 3.05) is 20.1 Å². The van der Waals surface area contributed by atoms with Crippen molar-refractivity contribution in [2.45, 2.75) is 72.4 Å². The van der Waals surface area contributed by atoms with E-state index >= 15 is 0 Å². The van der Waals surface area contributed by atoms with Crippen LogP contribution < -0.4 is 5.32 Å². The van der Waals surface area contributed by atoms with Gasteiger partial charge in [-0.2, -0.15) is 0 Å². The number of nitrogens with one attached hydrogen (secondary N) is 1. The third kappa shape index (κ3) is 3.16. The Kier molecular flexibility index (Phi) is 4.32. The Labute approximate surface area is 120 Å². The van der Waals surface area contributed by atoms with Crippen LogP contribution in [-0.4, -0.2) is 37.1 Å². The summed E-state index contributed by atoms with van der Waals surface area (Å²) in [6.45, 7) is 14.7. The second-order valence-electron chi connectivity index (χ2n) is 8.56. The molecule has 1 N–H and O–H groups in total. The van der Waals surface area contributed by atoms with Crippen LogP contribution in [0, 0.1) is 16.7 Å². The van der Waals surface area contributed by atoms with E-state index in [9.17, 15) is 0 Å². The molecule has 2 heteroatoms. The number of nitrogens with zero attached hydrogens (tertiary/aromatic N) is 1. The topological polar surface area (TPSA) is 15.3 Å². The maximum atomic E-state index is 3.63. The lowest BCUT2D eigenvalue weighted by Gasteiger charge is -2.47. The third-order valence-corrected chi connectivity index (χ3v) is 5.77. The van der Waals surface area contributed by atoms with E-state index in [0.717, 1.165) is 12.0 Å². The Morgan fingerprint density at radius 2 is 1.84 bits per heavy atom. The Balaban J connectivity index is 2.05. The van der Waals surface area contributed by atoms with Gasteiger partial charge in [-0.05, 0) is 49.6 Å². The first-order valence-corrected chi connectivity index (χ1v) is 8.17. The van der Waals surface area contributed by atoms with Gasteiger partial charge in [-0.1, -0.05) is 41.0 Å². The zero-order valence-electron chi connectivity index (χ0n) is 13.9. The summed E-state index contributed by atoms with van der Waals surface area (Å²) in [6.07, 6.45) is 5.53. The second kappa shape index (κ2) is 5.37. The molecule has 3 unspecified atom stereocenters. The highest BCUT2D eigenvalue weighted by Crippen LogP contribution is 2.41. The summed E-state index contributed by atoms with van der Waals surface area (Å²) in [4.78, 5) is 2.79. The van der Waals surface area contributed by atoms with Crippen molar-refractivity contribution in [3.8, 4) is 0 Å². The van der Waals surface area contributed by atoms with E-state index in [1.165, 1.54) is 38.8 Å². The van der Waals surface area contributed by atoms with E-state index in [4.69, 9.17) is 0 Å². The monoisotopic (exact) mass is 266 g/mol. The molecule has 19 heavy (non-hydrogen) atoms. The Bertz CT molecular complexity index is 303. The van der Waals surface area contributed by atoms with Crippen molar-refractivity contribution in [3.63, 3.8) is 0 Å². The molecule has 112 valence electrons. The van der Waals surface area contributed by atoms with Gasteiger partial charge in [0.1, 0.15) is 0 Å². The van der Waals surface area contributed by atoms with E-state index < -0.39 is 0 Å². The van der Waals surface area contributed by atoms with Crippen molar-refractivity contribution in [3.05, 3.63) is 0 Å². The molecule has 0 bridgehead atoms. The van der Waals surface area contributed by atoms with Crippen LogP contribution in [0.25, 0.3) is 0 Å². The van der Waals surface area contributed by atoms with E-state index in [-0.39, 0.29) is 0 Å². The number of likely N-dealkylation sites (tertiary alicyclic amines) is 1. The summed E-state index contributed by atoms with van der Waals surface area (Å²) in [5.41, 5.74) is 0.908. The molecule has 0 aromatic heterocycles. The molecule has 0 aromatic carbocycles. The van der Waals surface area contributed by atoms with Crippen LogP contribution in [0.5, 0.6) is 0 Å². The van der Waals surface area contributed by atoms with Crippen molar-refractivity contribution in [1.82, 2.24) is 10.2 Å². The van der Waals surface area contributed by atoms with Gasteiger partial charge in [0.2, 0.25) is 0 Å². The highest BCUT2D eigenvalue weighted by molar-refractivity contribution is 5.00. The first-order valence-electron chi connectivity index (χ1n) is 8.17. The highest BCUT2D eigenvalue weighted by atomic mass is 15.2. The molecule has 2 aliphatic rings. The Hall–Kier alpha value is -0.0800. The fraction of sp³-hybridized carbons (Fsp3) is 1.00. The molecule has 2 rings (SSSR count). The molecule has 0 radical (unpaired) electrons. The van der Waals surface area contributed by atoms with Gasteiger partial charge in [0, 0.05) is 18.6 Å². The number of hydrogen-bond donors (Lipinski definition) is 1. The number of hydrogen-bond acceptors (Lipinski definition) is 2. The fourth-order valence-corrected chi connectivity index (χ4v) is 4.38. The fourth-order valence-electron chi connectivity index (χ4n) is 4.38. The van der Waals surface area contributed by atoms with Gasteiger partial charge in [-0.25, -0.2) is 0 Å². The summed E-state index contributed by atoms with van der Waals surface area (Å²) in [5.74, 6) is 0.870. The number of rotatable bonds is 2. The van der Waals surface area contributed by atoms with Crippen LogP contribution in [0.4, 0.5) is 0 Å². The zero-order valence-corrected chi connectivity index (χ0v) is 13.9. The lowest BCUT2D eigenvalue weighted by molar-refractivity contribution is 0.0600. The van der Waals surface area contributed by atoms with Gasteiger partial charge in [-0.15, -0.1) is 0 Å². The molecule has 0 amide bonds. The largest absolute Gasteiger partial charge is 0.315 e. The molecule has 3 atom stereocenters. The molecule has 2 fully saturated rings. The summed E-state index contributed by atoms with van der Waals surface area (Å²) in [5, 5.41) is 3.63. The predicted octanol–water partition coefficient (Wildman–Crippen LogP) is 3.52. The first kappa shape index (κ1) is 15.3. The van der Waals surface area contributed by atoms with Gasteiger partial charge >= 0.3 is 0 Å². The van der Waals surface area contributed by atoms with Crippen molar-refractivity contribution >= 4 is 0 Å². The molecular weight excluding hydrogens is 232 g/mol. The van der Waals surface area contributed by atoms with Crippen LogP contribution in [0.2, 0.25) is 0 Å². The minimum atomic E-state index is 0.442. The van der Waals surface area contributed by atoms with Crippen molar-refractivity contribution in [1.29, 1.82) is 0 Å². The number of likely N-dealkylation sites (N-methyl/N-ethyl adjacent to an activating group) is 1. The molecule has 0 spiro atoms. The van der Waals surface area contributed by atoms with E-state index in [0.29, 0.717) is 16.9 Å². The van der Waals surface area contributed by atoms with Gasteiger partial charge in [0.25, 0.3) is 0 Å². The summed E-state index contributed by atoms with van der Waals surface area (Å²) >= 11 is 0. The molecule has 1 saturated carbocycles. The van der Waals surface area contributed by atoms with Crippen molar-refractivity contribution in [2.24, 2.45) is 16.7 Å². The predicted molar refractivity (Wildman–Crippen MR) is 83.4 cm³/mol. The smallest absolute Gasteiger partial charge is 0.0271 e. The lowest BCUT2D eigenvalue weighted by Crippen LogP contribution is -2.57. The summed E-state index contributed by atoms with van der Waals surface area (Å²) < 4.78 is 0. The first-order chi connectivity index (χ1) is 8.75. The lowest BCUT2D eigenvalue weighted by atomic mass is 9.70. The molecule has 1 aliphatic carbocycles. The average molecular weight is 266 g/mol. The van der Waals surface area contributed by atoms with E-state index in [1.54, 1.807) is 0 Å². The molecule has 1 aliphatic heterocycles. The van der Waals surface area contributed by atoms with Crippen LogP contribution in [0.1, 0.15) is 60.3 Å². The minimum Gasteiger partial charge on any atom is -0.315 e. The van der Waals surface area contributed by atoms with Crippen LogP contribution in [0.3, 0.4) is 0 Å². The summed E-state index contributed by atoms with van der Waals surface area (Å²) in [6, 6.07) is 1.40. The Morgan fingerprint density at radius 3 is 2.37 bits per heavy atom. The van der Waals surface area contributed by atoms with Crippen molar-refractivity contribution < 1.29 is 0 Å². The molecule has 1 saturated heterocycles. The molecular formula is C17H34N2. The highest BCUT2D eigenvalue weighted by Gasteiger charge is 2.43. The van der Waals surface area contributed by atoms with Crippen LogP contribution >= 0.6 is 0 Å². The van der Waals surface area contributed by atoms with Gasteiger partial charge in [-0.3, -0.25) is 4.90 Å². The zero-order chi connectivity index (χ0) is 14.3. The third-order valence-electron chi connectivity index (χ3n) is 5.77. The van der Waals surface area contributed by atoms with Gasteiger partial charge in [0.05, 0.1) is 0 Å². The molecule has 0 aromatic rings. The quantitative estimate of drug-likeness (QED) is 0.822. The Morgan fingerprint density at radius 1 is 1.16 bits per heavy atom. The average Bonchev–Trinajstić information content (AvgIpc) is 2.76. The maximum Gasteiger partial charge on any atom is 0.0271 e. The van der Waals surface area contributed by atoms with E-state index in [1.807, 2.05) is 0 Å². The van der Waals surface area contributed by atoms with E-state index in [2.05, 4.69) is 51.9 Å². The summed E-state index contributed by atoms with van der Waals surface area (Å²) in [7, 11) is 2.15. The molecule has 2 nitrogen and oxygen atoms in total. The second-order valence-corrected chi connectivity index (χ2v) is 8.56. The normalized spacial score (nSPS) is 36.6.